The molecule has 1 saturated heterocycles. The van der Waals surface area contributed by atoms with Crippen LogP contribution in [0.25, 0.3) is 5.65 Å². The number of nitrogens with zero attached hydrogens (tertiary/aromatic N) is 3. The van der Waals surface area contributed by atoms with Crippen LogP contribution in [0.15, 0.2) is 53.5 Å². The molecule has 1 aliphatic heterocycles. The molecule has 0 aliphatic carbocycles. The molecule has 1 atom stereocenters. The number of anilines is 1. The maximum absolute atomic E-state index is 12.8. The molecule has 0 bridgehead atoms. The van der Waals surface area contributed by atoms with Crippen LogP contribution in [0.3, 0.4) is 0 Å². The molecule has 3 aromatic rings. The van der Waals surface area contributed by atoms with E-state index < -0.39 is 6.04 Å². The van der Waals surface area contributed by atoms with Crippen molar-refractivity contribution in [3.8, 4) is 0 Å². The van der Waals surface area contributed by atoms with Gasteiger partial charge >= 0.3 is 0 Å². The molecule has 4 heterocycles. The highest BCUT2D eigenvalue weighted by molar-refractivity contribution is 6.00. The minimum atomic E-state index is -0.496. The smallest absolute Gasteiger partial charge is 0.290 e. The van der Waals surface area contributed by atoms with Crippen LogP contribution in [0.1, 0.15) is 29.8 Å². The lowest BCUT2D eigenvalue weighted by Gasteiger charge is -2.34. The van der Waals surface area contributed by atoms with Crippen molar-refractivity contribution in [2.45, 2.75) is 25.3 Å². The summed E-state index contributed by atoms with van der Waals surface area (Å²) in [7, 11) is 0. The summed E-state index contributed by atoms with van der Waals surface area (Å²) in [6.07, 6.45) is 9.24. The molecule has 7 nitrogen and oxygen atoms in total. The molecule has 2 amide bonds. The lowest BCUT2D eigenvalue weighted by Crippen LogP contribution is -2.49. The van der Waals surface area contributed by atoms with E-state index in [-0.39, 0.29) is 17.6 Å². The van der Waals surface area contributed by atoms with Gasteiger partial charge in [0.2, 0.25) is 5.91 Å². The van der Waals surface area contributed by atoms with Crippen molar-refractivity contribution in [2.24, 2.45) is 0 Å². The quantitative estimate of drug-likeness (QED) is 0.796. The summed E-state index contributed by atoms with van der Waals surface area (Å²) in [5.74, 6) is -0.159. The topological polar surface area (TPSA) is 79.9 Å². The lowest BCUT2D eigenvalue weighted by molar-refractivity contribution is -0.121. The first-order chi connectivity index (χ1) is 12.2. The number of hydrogen-bond acceptors (Lipinski definition) is 4. The van der Waals surface area contributed by atoms with Crippen molar-refractivity contribution in [1.82, 2.24) is 14.3 Å². The molecule has 4 rings (SSSR count). The van der Waals surface area contributed by atoms with Gasteiger partial charge in [0.05, 0.1) is 12.0 Å². The van der Waals surface area contributed by atoms with E-state index in [0.717, 1.165) is 18.5 Å². The molecule has 1 aliphatic rings. The first-order valence-corrected chi connectivity index (χ1v) is 8.30. The average Bonchev–Trinajstić information content (AvgIpc) is 3.32. The molecular weight excluding hydrogens is 320 g/mol. The van der Waals surface area contributed by atoms with Gasteiger partial charge in [0.1, 0.15) is 11.7 Å². The molecule has 1 fully saturated rings. The van der Waals surface area contributed by atoms with Crippen LogP contribution in [0.4, 0.5) is 5.69 Å². The Morgan fingerprint density at radius 2 is 2.16 bits per heavy atom. The van der Waals surface area contributed by atoms with Gasteiger partial charge in [-0.05, 0) is 43.5 Å². The summed E-state index contributed by atoms with van der Waals surface area (Å²) in [6, 6.07) is 6.44. The largest absolute Gasteiger partial charge is 0.459 e. The normalized spacial score (nSPS) is 17.6. The summed E-state index contributed by atoms with van der Waals surface area (Å²) >= 11 is 0. The molecule has 128 valence electrons. The Balaban J connectivity index is 1.53. The number of carbonyl (C=O) groups excluding carboxylic acids is 2. The number of imidazole rings is 1. The summed E-state index contributed by atoms with van der Waals surface area (Å²) in [6.45, 7) is 0.554. The predicted octanol–water partition coefficient (Wildman–Crippen LogP) is 2.56. The first-order valence-electron chi connectivity index (χ1n) is 8.30. The Hall–Kier alpha value is -3.09. The Kier molecular flexibility index (Phi) is 3.97. The number of fused-ring (bicyclic) bond motifs is 1. The summed E-state index contributed by atoms with van der Waals surface area (Å²) in [5, 5.41) is 2.91. The van der Waals surface area contributed by atoms with E-state index in [4.69, 9.17) is 4.42 Å². The third-order valence-corrected chi connectivity index (χ3v) is 4.45. The van der Waals surface area contributed by atoms with Crippen molar-refractivity contribution < 1.29 is 14.0 Å². The number of pyridine rings is 1. The SMILES string of the molecule is O=C(Nc1ccc2nccn2c1)[C@H]1CCCCN1C(=O)c1ccco1. The summed E-state index contributed by atoms with van der Waals surface area (Å²) < 4.78 is 7.04. The van der Waals surface area contributed by atoms with Gasteiger partial charge in [0, 0.05) is 25.1 Å². The predicted molar refractivity (Wildman–Crippen MR) is 91.2 cm³/mol. The maximum atomic E-state index is 12.8. The molecule has 0 unspecified atom stereocenters. The van der Waals surface area contributed by atoms with Crippen LogP contribution < -0.4 is 5.32 Å². The molecule has 0 radical (unpaired) electrons. The molecule has 3 aromatic heterocycles. The Labute approximate surface area is 144 Å². The van der Waals surface area contributed by atoms with Crippen molar-refractivity contribution in [3.63, 3.8) is 0 Å². The first kappa shape index (κ1) is 15.4. The van der Waals surface area contributed by atoms with Crippen LogP contribution >= 0.6 is 0 Å². The second-order valence-electron chi connectivity index (χ2n) is 6.09. The van der Waals surface area contributed by atoms with Crippen molar-refractivity contribution in [1.29, 1.82) is 0 Å². The zero-order valence-corrected chi connectivity index (χ0v) is 13.6. The number of likely N-dealkylation sites (tertiary alicyclic amines) is 1. The van der Waals surface area contributed by atoms with E-state index in [2.05, 4.69) is 10.3 Å². The van der Waals surface area contributed by atoms with Gasteiger partial charge in [-0.3, -0.25) is 9.59 Å². The van der Waals surface area contributed by atoms with E-state index in [1.165, 1.54) is 6.26 Å². The van der Waals surface area contributed by atoms with E-state index in [0.29, 0.717) is 18.7 Å². The molecule has 0 spiro atoms. The lowest BCUT2D eigenvalue weighted by atomic mass is 10.0. The molecule has 7 heteroatoms. The van der Waals surface area contributed by atoms with E-state index >= 15 is 0 Å². The Bertz CT molecular complexity index is 900. The summed E-state index contributed by atoms with van der Waals surface area (Å²) in [5.41, 5.74) is 1.48. The molecular formula is C18H18N4O3. The third kappa shape index (κ3) is 3.00. The Morgan fingerprint density at radius 3 is 3.00 bits per heavy atom. The maximum Gasteiger partial charge on any atom is 0.290 e. The van der Waals surface area contributed by atoms with E-state index in [1.807, 2.05) is 28.9 Å². The molecule has 1 N–H and O–H groups in total. The number of aromatic nitrogens is 2. The third-order valence-electron chi connectivity index (χ3n) is 4.45. The summed E-state index contributed by atoms with van der Waals surface area (Å²) in [4.78, 5) is 31.2. The minimum Gasteiger partial charge on any atom is -0.459 e. The molecule has 25 heavy (non-hydrogen) atoms. The van der Waals surface area contributed by atoms with Crippen LogP contribution in [-0.2, 0) is 4.79 Å². The van der Waals surface area contributed by atoms with Gasteiger partial charge in [-0.25, -0.2) is 4.98 Å². The highest BCUT2D eigenvalue weighted by atomic mass is 16.3. The van der Waals surface area contributed by atoms with E-state index in [9.17, 15) is 9.59 Å². The highest BCUT2D eigenvalue weighted by Crippen LogP contribution is 2.21. The number of piperidine rings is 1. The average molecular weight is 338 g/mol. The van der Waals surface area contributed by atoms with Crippen LogP contribution in [0, 0.1) is 0 Å². The number of carbonyl (C=O) groups is 2. The zero-order valence-electron chi connectivity index (χ0n) is 13.6. The number of nitrogens with one attached hydrogen (secondary N) is 1. The highest BCUT2D eigenvalue weighted by Gasteiger charge is 2.33. The van der Waals surface area contributed by atoms with Crippen molar-refractivity contribution in [2.75, 3.05) is 11.9 Å². The van der Waals surface area contributed by atoms with Gasteiger partial charge in [-0.1, -0.05) is 0 Å². The zero-order chi connectivity index (χ0) is 17.2. The molecule has 0 saturated carbocycles. The fourth-order valence-electron chi connectivity index (χ4n) is 3.21. The van der Waals surface area contributed by atoms with Gasteiger partial charge in [-0.15, -0.1) is 0 Å². The van der Waals surface area contributed by atoms with Gasteiger partial charge < -0.3 is 19.0 Å². The van der Waals surface area contributed by atoms with Crippen LogP contribution in [-0.4, -0.2) is 38.7 Å². The second-order valence-corrected chi connectivity index (χ2v) is 6.09. The van der Waals surface area contributed by atoms with E-state index in [1.54, 1.807) is 23.2 Å². The fourth-order valence-corrected chi connectivity index (χ4v) is 3.21. The van der Waals surface area contributed by atoms with Crippen LogP contribution in [0.2, 0.25) is 0 Å². The van der Waals surface area contributed by atoms with Crippen molar-refractivity contribution in [3.05, 3.63) is 54.9 Å². The number of furan rings is 1. The Morgan fingerprint density at radius 1 is 1.24 bits per heavy atom. The van der Waals surface area contributed by atoms with Crippen molar-refractivity contribution >= 4 is 23.1 Å². The number of amides is 2. The van der Waals surface area contributed by atoms with Gasteiger partial charge in [0.25, 0.3) is 5.91 Å². The fraction of sp³-hybridized carbons (Fsp3) is 0.278. The second kappa shape index (κ2) is 6.43. The minimum absolute atomic E-state index is 0.181. The molecule has 0 aromatic carbocycles. The number of rotatable bonds is 3. The van der Waals surface area contributed by atoms with Gasteiger partial charge in [0.15, 0.2) is 5.76 Å². The van der Waals surface area contributed by atoms with Crippen LogP contribution in [0.5, 0.6) is 0 Å². The standard InChI is InChI=1S/C18H18N4O3/c23-17(20-13-6-7-16-19-8-10-21(16)12-13)14-4-1-2-9-22(14)18(24)15-5-3-11-25-15/h3,5-8,10-12,14H,1-2,4,9H2,(H,20,23)/t14-/m1/s1. The van der Waals surface area contributed by atoms with Gasteiger partial charge in [-0.2, -0.15) is 0 Å². The monoisotopic (exact) mass is 338 g/mol. The number of hydrogen-bond donors (Lipinski definition) is 1.